The molecule has 4 rings (SSSR count). The minimum atomic E-state index is -0.0342. The predicted octanol–water partition coefficient (Wildman–Crippen LogP) is 4.53. The first-order valence-electron chi connectivity index (χ1n) is 8.35. The predicted molar refractivity (Wildman–Crippen MR) is 105 cm³/mol. The average molecular weight is 375 g/mol. The smallest absolute Gasteiger partial charge is 0.305 e. The molecule has 0 bridgehead atoms. The first-order valence-corrected chi connectivity index (χ1v) is 9.54. The molecule has 0 radical (unpaired) electrons. The van der Waals surface area contributed by atoms with Gasteiger partial charge in [0.05, 0.1) is 27.0 Å². The van der Waals surface area contributed by atoms with E-state index in [0.29, 0.717) is 6.10 Å². The number of halogens is 1. The van der Waals surface area contributed by atoms with Crippen molar-refractivity contribution >= 4 is 38.8 Å². The molecular weight excluding hydrogens is 356 g/mol. The molecule has 1 aromatic heterocycles. The van der Waals surface area contributed by atoms with Gasteiger partial charge in [0.25, 0.3) is 0 Å². The molecule has 25 heavy (non-hydrogen) atoms. The van der Waals surface area contributed by atoms with Gasteiger partial charge in [0.15, 0.2) is 0 Å². The lowest BCUT2D eigenvalue weighted by atomic mass is 10.0. The highest BCUT2D eigenvalue weighted by molar-refractivity contribution is 7.16. The standard InChI is InChI=1S/C19H19ClN2O2S/c1-24-13-7-9-22(10-8-13)16-4-2-3-14(18(16)20)12-5-6-15-17(11-12)25-19(23)21-15/h2-6,11,13H,7-10H2,1H3,(H,21,23). The van der Waals surface area contributed by atoms with Crippen molar-refractivity contribution in [1.82, 2.24) is 4.98 Å². The molecule has 0 unspecified atom stereocenters. The number of rotatable bonds is 3. The van der Waals surface area contributed by atoms with Crippen molar-refractivity contribution in [3.63, 3.8) is 0 Å². The number of methoxy groups -OCH3 is 1. The second-order valence-electron chi connectivity index (χ2n) is 6.29. The van der Waals surface area contributed by atoms with Crippen molar-refractivity contribution in [3.05, 3.63) is 51.1 Å². The fourth-order valence-corrected chi connectivity index (χ4v) is 4.56. The molecule has 130 valence electrons. The van der Waals surface area contributed by atoms with Crippen molar-refractivity contribution in [2.24, 2.45) is 0 Å². The maximum atomic E-state index is 11.5. The number of hydrogen-bond donors (Lipinski definition) is 1. The van der Waals surface area contributed by atoms with E-state index in [1.54, 1.807) is 7.11 Å². The monoisotopic (exact) mass is 374 g/mol. The Morgan fingerprint density at radius 2 is 2.04 bits per heavy atom. The molecule has 1 saturated heterocycles. The number of ether oxygens (including phenoxy) is 1. The number of benzene rings is 2. The number of hydrogen-bond acceptors (Lipinski definition) is 4. The largest absolute Gasteiger partial charge is 0.381 e. The summed E-state index contributed by atoms with van der Waals surface area (Å²) in [4.78, 5) is 16.7. The molecule has 0 atom stereocenters. The van der Waals surface area contributed by atoms with E-state index < -0.39 is 0 Å². The Balaban J connectivity index is 1.69. The van der Waals surface area contributed by atoms with Crippen LogP contribution in [0.25, 0.3) is 21.3 Å². The Labute approximate surface area is 155 Å². The lowest BCUT2D eigenvalue weighted by molar-refractivity contribution is 0.0819. The van der Waals surface area contributed by atoms with Gasteiger partial charge in [-0.05, 0) is 36.6 Å². The number of thiazole rings is 1. The molecule has 1 fully saturated rings. The molecule has 3 aromatic rings. The van der Waals surface area contributed by atoms with E-state index >= 15 is 0 Å². The first kappa shape index (κ1) is 16.6. The lowest BCUT2D eigenvalue weighted by Crippen LogP contribution is -2.36. The highest BCUT2D eigenvalue weighted by atomic mass is 35.5. The Kier molecular flexibility index (Phi) is 4.54. The second kappa shape index (κ2) is 6.83. The lowest BCUT2D eigenvalue weighted by Gasteiger charge is -2.33. The van der Waals surface area contributed by atoms with Gasteiger partial charge in [-0.3, -0.25) is 4.79 Å². The van der Waals surface area contributed by atoms with Crippen molar-refractivity contribution in [2.75, 3.05) is 25.1 Å². The summed E-state index contributed by atoms with van der Waals surface area (Å²) in [7, 11) is 1.78. The maximum absolute atomic E-state index is 11.5. The van der Waals surface area contributed by atoms with Crippen LogP contribution in [-0.4, -0.2) is 31.3 Å². The third kappa shape index (κ3) is 3.19. The molecule has 6 heteroatoms. The van der Waals surface area contributed by atoms with Gasteiger partial charge in [-0.1, -0.05) is 41.1 Å². The first-order chi connectivity index (χ1) is 12.2. The molecule has 1 aliphatic heterocycles. The van der Waals surface area contributed by atoms with Gasteiger partial charge in [-0.25, -0.2) is 0 Å². The summed E-state index contributed by atoms with van der Waals surface area (Å²) >= 11 is 7.99. The zero-order valence-electron chi connectivity index (χ0n) is 13.9. The molecule has 0 saturated carbocycles. The molecule has 0 aliphatic carbocycles. The van der Waals surface area contributed by atoms with E-state index in [-0.39, 0.29) is 4.87 Å². The summed E-state index contributed by atoms with van der Waals surface area (Å²) in [5, 5.41) is 0.764. The summed E-state index contributed by atoms with van der Waals surface area (Å²) in [6.07, 6.45) is 2.37. The second-order valence-corrected chi connectivity index (χ2v) is 7.68. The van der Waals surface area contributed by atoms with E-state index in [1.807, 2.05) is 30.3 Å². The Morgan fingerprint density at radius 3 is 2.80 bits per heavy atom. The van der Waals surface area contributed by atoms with Crippen molar-refractivity contribution in [1.29, 1.82) is 0 Å². The minimum absolute atomic E-state index is 0.0342. The maximum Gasteiger partial charge on any atom is 0.305 e. The fourth-order valence-electron chi connectivity index (χ4n) is 3.43. The Bertz CT molecular complexity index is 957. The normalized spacial score (nSPS) is 15.8. The van der Waals surface area contributed by atoms with Crippen molar-refractivity contribution in [2.45, 2.75) is 18.9 Å². The van der Waals surface area contributed by atoms with Crippen LogP contribution in [0.3, 0.4) is 0 Å². The highest BCUT2D eigenvalue weighted by Crippen LogP contribution is 2.38. The minimum Gasteiger partial charge on any atom is -0.381 e. The van der Waals surface area contributed by atoms with E-state index in [1.165, 1.54) is 11.3 Å². The van der Waals surface area contributed by atoms with Gasteiger partial charge < -0.3 is 14.6 Å². The highest BCUT2D eigenvalue weighted by Gasteiger charge is 2.21. The van der Waals surface area contributed by atoms with E-state index in [2.05, 4.69) is 16.0 Å². The molecule has 0 amide bonds. The summed E-state index contributed by atoms with van der Waals surface area (Å²) in [6.45, 7) is 1.89. The zero-order valence-corrected chi connectivity index (χ0v) is 15.5. The molecular formula is C19H19ClN2O2S. The van der Waals surface area contributed by atoms with Crippen LogP contribution in [0.15, 0.2) is 41.2 Å². The zero-order chi connectivity index (χ0) is 17.4. The number of nitrogens with zero attached hydrogens (tertiary/aromatic N) is 1. The van der Waals surface area contributed by atoms with E-state index in [4.69, 9.17) is 16.3 Å². The number of nitrogens with one attached hydrogen (secondary N) is 1. The van der Waals surface area contributed by atoms with Crippen molar-refractivity contribution in [3.8, 4) is 11.1 Å². The quantitative estimate of drug-likeness (QED) is 0.732. The third-order valence-corrected chi connectivity index (χ3v) is 6.07. The molecule has 2 heterocycles. The van der Waals surface area contributed by atoms with Gasteiger partial charge in [0.1, 0.15) is 0 Å². The summed E-state index contributed by atoms with van der Waals surface area (Å²) in [5.74, 6) is 0. The molecule has 1 N–H and O–H groups in total. The SMILES string of the molecule is COC1CCN(c2cccc(-c3ccc4[nH]c(=O)sc4c3)c2Cl)CC1. The van der Waals surface area contributed by atoms with E-state index in [0.717, 1.165) is 58.0 Å². The Morgan fingerprint density at radius 1 is 1.24 bits per heavy atom. The molecule has 1 aliphatic rings. The summed E-state index contributed by atoms with van der Waals surface area (Å²) in [6, 6.07) is 12.1. The summed E-state index contributed by atoms with van der Waals surface area (Å²) < 4.78 is 6.40. The third-order valence-electron chi connectivity index (χ3n) is 4.83. The summed E-state index contributed by atoms with van der Waals surface area (Å²) in [5.41, 5.74) is 3.96. The van der Waals surface area contributed by atoms with Crippen molar-refractivity contribution < 1.29 is 4.74 Å². The van der Waals surface area contributed by atoms with E-state index in [9.17, 15) is 4.79 Å². The fraction of sp³-hybridized carbons (Fsp3) is 0.316. The van der Waals surface area contributed by atoms with Gasteiger partial charge in [0.2, 0.25) is 0 Å². The van der Waals surface area contributed by atoms with Crippen LogP contribution in [0.4, 0.5) is 5.69 Å². The van der Waals surface area contributed by atoms with Crippen LogP contribution >= 0.6 is 22.9 Å². The van der Waals surface area contributed by atoms with Crippen LogP contribution in [0, 0.1) is 0 Å². The molecule has 0 spiro atoms. The number of aromatic amines is 1. The van der Waals surface area contributed by atoms with Crippen LogP contribution in [0.2, 0.25) is 5.02 Å². The topological polar surface area (TPSA) is 45.3 Å². The van der Waals surface area contributed by atoms with Crippen LogP contribution in [0.5, 0.6) is 0 Å². The number of anilines is 1. The average Bonchev–Trinajstić information content (AvgIpc) is 3.01. The van der Waals surface area contributed by atoms with Gasteiger partial charge in [0, 0.05) is 25.8 Å². The number of aromatic nitrogens is 1. The molecule has 4 nitrogen and oxygen atoms in total. The number of piperidine rings is 1. The number of H-pyrrole nitrogens is 1. The van der Waals surface area contributed by atoms with Crippen LogP contribution in [-0.2, 0) is 4.74 Å². The van der Waals surface area contributed by atoms with Crippen LogP contribution in [0.1, 0.15) is 12.8 Å². The Hall–Kier alpha value is -1.82. The van der Waals surface area contributed by atoms with Crippen LogP contribution < -0.4 is 9.77 Å². The van der Waals surface area contributed by atoms with Gasteiger partial charge >= 0.3 is 4.87 Å². The molecule has 2 aromatic carbocycles. The van der Waals surface area contributed by atoms with Gasteiger partial charge in [-0.2, -0.15) is 0 Å². The number of fused-ring (bicyclic) bond motifs is 1. The van der Waals surface area contributed by atoms with Gasteiger partial charge in [-0.15, -0.1) is 0 Å².